The van der Waals surface area contributed by atoms with Crippen molar-refractivity contribution in [2.24, 2.45) is 5.41 Å². The number of hydrogen-bond acceptors (Lipinski definition) is 2. The first-order chi connectivity index (χ1) is 8.50. The summed E-state index contributed by atoms with van der Waals surface area (Å²) in [6.07, 6.45) is 6.10. The van der Waals surface area contributed by atoms with Gasteiger partial charge in [-0.25, -0.2) is 0 Å². The van der Waals surface area contributed by atoms with Crippen LogP contribution in [0.2, 0.25) is 0 Å². The van der Waals surface area contributed by atoms with Crippen molar-refractivity contribution in [3.8, 4) is 0 Å². The van der Waals surface area contributed by atoms with E-state index in [1.54, 1.807) is 11.8 Å². The molecule has 0 amide bonds. The second-order valence-corrected chi connectivity index (χ2v) is 7.15. The second-order valence-electron chi connectivity index (χ2n) is 6.27. The number of benzene rings is 1. The fraction of sp³-hybridized carbons (Fsp3) is 0.625. The van der Waals surface area contributed by atoms with Gasteiger partial charge in [-0.05, 0) is 55.6 Å². The first-order valence-corrected chi connectivity index (χ1v) is 8.13. The summed E-state index contributed by atoms with van der Waals surface area (Å²) in [6, 6.07) is 10.1. The van der Waals surface area contributed by atoms with Crippen molar-refractivity contribution in [2.75, 3.05) is 6.26 Å². The molecule has 0 bridgehead atoms. The summed E-state index contributed by atoms with van der Waals surface area (Å²) < 4.78 is 0. The standard InChI is InChI=1S/C16H25NS/c1-12(13-5-7-15(18-4)8-6-13)17-14-9-10-16(2,3)11-14/h5-8,12,14,17H,9-11H2,1-4H3. The van der Waals surface area contributed by atoms with E-state index in [1.165, 1.54) is 29.7 Å². The quantitative estimate of drug-likeness (QED) is 0.794. The first kappa shape index (κ1) is 14.0. The summed E-state index contributed by atoms with van der Waals surface area (Å²) in [6.45, 7) is 7.04. The van der Waals surface area contributed by atoms with Gasteiger partial charge in [-0.2, -0.15) is 0 Å². The van der Waals surface area contributed by atoms with Crippen LogP contribution in [0.3, 0.4) is 0 Å². The van der Waals surface area contributed by atoms with Gasteiger partial charge in [0.2, 0.25) is 0 Å². The third-order valence-electron chi connectivity index (χ3n) is 4.07. The zero-order valence-electron chi connectivity index (χ0n) is 12.0. The zero-order chi connectivity index (χ0) is 13.2. The lowest BCUT2D eigenvalue weighted by molar-refractivity contribution is 0.356. The largest absolute Gasteiger partial charge is 0.307 e. The Balaban J connectivity index is 1.93. The molecule has 1 aromatic carbocycles. The lowest BCUT2D eigenvalue weighted by Crippen LogP contribution is -2.30. The second kappa shape index (κ2) is 5.66. The number of nitrogens with one attached hydrogen (secondary N) is 1. The van der Waals surface area contributed by atoms with Crippen molar-refractivity contribution in [1.29, 1.82) is 0 Å². The molecule has 2 unspecified atom stereocenters. The van der Waals surface area contributed by atoms with Crippen molar-refractivity contribution >= 4 is 11.8 Å². The Kier molecular flexibility index (Phi) is 4.39. The smallest absolute Gasteiger partial charge is 0.0294 e. The minimum Gasteiger partial charge on any atom is -0.307 e. The van der Waals surface area contributed by atoms with Crippen molar-refractivity contribution < 1.29 is 0 Å². The van der Waals surface area contributed by atoms with Gasteiger partial charge in [-0.1, -0.05) is 26.0 Å². The molecular weight excluding hydrogens is 238 g/mol. The molecule has 1 fully saturated rings. The topological polar surface area (TPSA) is 12.0 Å². The van der Waals surface area contributed by atoms with Gasteiger partial charge in [-0.15, -0.1) is 11.8 Å². The molecule has 0 saturated heterocycles. The Labute approximate surface area is 116 Å². The fourth-order valence-electron chi connectivity index (χ4n) is 2.92. The summed E-state index contributed by atoms with van der Waals surface area (Å²) in [5, 5.41) is 3.78. The average molecular weight is 263 g/mol. The molecule has 2 atom stereocenters. The normalized spacial score (nSPS) is 24.1. The van der Waals surface area contributed by atoms with Crippen LogP contribution in [0.5, 0.6) is 0 Å². The SMILES string of the molecule is CSc1ccc(C(C)NC2CCC(C)(C)C2)cc1. The summed E-state index contributed by atoms with van der Waals surface area (Å²) >= 11 is 1.80. The van der Waals surface area contributed by atoms with Gasteiger partial charge in [0.15, 0.2) is 0 Å². The highest BCUT2D eigenvalue weighted by atomic mass is 32.2. The molecule has 100 valence electrons. The van der Waals surface area contributed by atoms with Crippen LogP contribution in [-0.4, -0.2) is 12.3 Å². The number of rotatable bonds is 4. The molecule has 1 aliphatic rings. The Morgan fingerprint density at radius 2 is 1.94 bits per heavy atom. The van der Waals surface area contributed by atoms with E-state index < -0.39 is 0 Å². The summed E-state index contributed by atoms with van der Waals surface area (Å²) in [7, 11) is 0. The highest BCUT2D eigenvalue weighted by molar-refractivity contribution is 7.98. The average Bonchev–Trinajstić information content (AvgIpc) is 2.68. The minimum atomic E-state index is 0.458. The van der Waals surface area contributed by atoms with Gasteiger partial charge in [0.1, 0.15) is 0 Å². The summed E-state index contributed by atoms with van der Waals surface area (Å²) in [4.78, 5) is 1.34. The van der Waals surface area contributed by atoms with E-state index >= 15 is 0 Å². The van der Waals surface area contributed by atoms with E-state index in [0.29, 0.717) is 17.5 Å². The van der Waals surface area contributed by atoms with Crippen LogP contribution in [0.4, 0.5) is 0 Å². The van der Waals surface area contributed by atoms with E-state index in [9.17, 15) is 0 Å². The highest BCUT2D eigenvalue weighted by Gasteiger charge is 2.31. The monoisotopic (exact) mass is 263 g/mol. The molecule has 1 saturated carbocycles. The predicted molar refractivity (Wildman–Crippen MR) is 81.2 cm³/mol. The number of thioether (sulfide) groups is 1. The first-order valence-electron chi connectivity index (χ1n) is 6.90. The van der Waals surface area contributed by atoms with Crippen LogP contribution >= 0.6 is 11.8 Å². The molecule has 0 aliphatic heterocycles. The molecule has 1 N–H and O–H groups in total. The van der Waals surface area contributed by atoms with Crippen molar-refractivity contribution in [3.63, 3.8) is 0 Å². The Bertz CT molecular complexity index is 383. The zero-order valence-corrected chi connectivity index (χ0v) is 12.8. The van der Waals surface area contributed by atoms with Crippen LogP contribution < -0.4 is 5.32 Å². The fourth-order valence-corrected chi connectivity index (χ4v) is 3.33. The van der Waals surface area contributed by atoms with Gasteiger partial charge < -0.3 is 5.32 Å². The molecule has 2 rings (SSSR count). The molecule has 1 nitrogen and oxygen atoms in total. The highest BCUT2D eigenvalue weighted by Crippen LogP contribution is 2.37. The van der Waals surface area contributed by atoms with Crippen LogP contribution in [0.1, 0.15) is 51.6 Å². The van der Waals surface area contributed by atoms with Crippen LogP contribution in [0.15, 0.2) is 29.2 Å². The van der Waals surface area contributed by atoms with Gasteiger partial charge in [0, 0.05) is 17.0 Å². The van der Waals surface area contributed by atoms with Crippen molar-refractivity contribution in [1.82, 2.24) is 5.32 Å². The molecule has 1 aliphatic carbocycles. The molecule has 2 heteroatoms. The minimum absolute atomic E-state index is 0.458. The van der Waals surface area contributed by atoms with E-state index in [0.717, 1.165) is 0 Å². The maximum atomic E-state index is 3.78. The van der Waals surface area contributed by atoms with Crippen LogP contribution in [0, 0.1) is 5.41 Å². The predicted octanol–water partition coefficient (Wildman–Crippen LogP) is 4.64. The van der Waals surface area contributed by atoms with Crippen LogP contribution in [-0.2, 0) is 0 Å². The molecular formula is C16H25NS. The van der Waals surface area contributed by atoms with E-state index in [1.807, 2.05) is 0 Å². The molecule has 0 spiro atoms. The lowest BCUT2D eigenvalue weighted by atomic mass is 9.91. The van der Waals surface area contributed by atoms with Crippen LogP contribution in [0.25, 0.3) is 0 Å². The molecule has 18 heavy (non-hydrogen) atoms. The van der Waals surface area contributed by atoms with Gasteiger partial charge in [-0.3, -0.25) is 0 Å². The van der Waals surface area contributed by atoms with Gasteiger partial charge >= 0.3 is 0 Å². The Hall–Kier alpha value is -0.470. The third-order valence-corrected chi connectivity index (χ3v) is 4.81. The van der Waals surface area contributed by atoms with E-state index in [2.05, 4.69) is 56.6 Å². The maximum Gasteiger partial charge on any atom is 0.0294 e. The number of hydrogen-bond donors (Lipinski definition) is 1. The maximum absolute atomic E-state index is 3.78. The summed E-state index contributed by atoms with van der Waals surface area (Å²) in [5.41, 5.74) is 1.93. The molecule has 0 heterocycles. The molecule has 0 radical (unpaired) electrons. The summed E-state index contributed by atoms with van der Waals surface area (Å²) in [5.74, 6) is 0. The van der Waals surface area contributed by atoms with E-state index in [4.69, 9.17) is 0 Å². The lowest BCUT2D eigenvalue weighted by Gasteiger charge is -2.22. The Morgan fingerprint density at radius 1 is 1.28 bits per heavy atom. The Morgan fingerprint density at radius 3 is 2.44 bits per heavy atom. The third kappa shape index (κ3) is 3.52. The van der Waals surface area contributed by atoms with E-state index in [-0.39, 0.29) is 0 Å². The van der Waals surface area contributed by atoms with Crippen molar-refractivity contribution in [3.05, 3.63) is 29.8 Å². The molecule has 0 aromatic heterocycles. The van der Waals surface area contributed by atoms with Gasteiger partial charge in [0.25, 0.3) is 0 Å². The molecule has 1 aromatic rings. The van der Waals surface area contributed by atoms with Gasteiger partial charge in [0.05, 0.1) is 0 Å². The van der Waals surface area contributed by atoms with Crippen molar-refractivity contribution in [2.45, 2.75) is 57.0 Å².